The van der Waals surface area contributed by atoms with E-state index < -0.39 is 40.7 Å². The van der Waals surface area contributed by atoms with Gasteiger partial charge in [0.1, 0.15) is 17.1 Å². The lowest BCUT2D eigenvalue weighted by Gasteiger charge is -2.49. The number of carbonyl (C=O) groups is 4. The van der Waals surface area contributed by atoms with E-state index in [1.165, 1.54) is 24.8 Å². The Morgan fingerprint density at radius 3 is 2.67 bits per heavy atom. The number of oxime groups is 1. The zero-order valence-electron chi connectivity index (χ0n) is 12.7. The Morgan fingerprint density at radius 2 is 2.17 bits per heavy atom. The minimum absolute atomic E-state index is 0.0374. The molecule has 2 aliphatic rings. The van der Waals surface area contributed by atoms with Gasteiger partial charge in [0.2, 0.25) is 5.71 Å². The first-order chi connectivity index (χ1) is 11.4. The number of nitrogens with zero attached hydrogens (tertiary/aromatic N) is 2. The molecule has 9 nitrogen and oxygen atoms in total. The molecule has 0 unspecified atom stereocenters. The van der Waals surface area contributed by atoms with Crippen LogP contribution in [0, 0.1) is 0 Å². The maximum atomic E-state index is 12.2. The van der Waals surface area contributed by atoms with Crippen LogP contribution in [-0.4, -0.2) is 61.7 Å². The molecule has 0 aromatic heterocycles. The average Bonchev–Trinajstić information content (AvgIpc) is 2.58. The number of hydrogen-bond donors (Lipinski definition) is 3. The van der Waals surface area contributed by atoms with Crippen molar-refractivity contribution in [3.63, 3.8) is 0 Å². The molecule has 0 radical (unpaired) electrons. The Hall–Kier alpha value is -2.62. The largest absolute Gasteiger partial charge is 0.477 e. The number of β-lactam (4-membered cyclic amide) rings is 1. The topological polar surface area (TPSA) is 136 Å². The number of carbonyl (C=O) groups excluding carboxylic acids is 3. The molecule has 1 fully saturated rings. The van der Waals surface area contributed by atoms with Crippen LogP contribution in [0.25, 0.3) is 0 Å². The van der Waals surface area contributed by atoms with Crippen LogP contribution in [0.15, 0.2) is 29.1 Å². The standard InChI is InChI=1S/C14H15N3O6S/c1-3-6-5-24-13-9(12(20)17(13)10(6)14(21)22)15-11(19)8(16-23)7(18)4-2/h3,9,13,23H,1,4-5H2,2H3,(H,15,19)(H,21,22)/b16-8-/t9-,13-/m1/s1. The lowest BCUT2D eigenvalue weighted by atomic mass is 10.0. The number of aliphatic carboxylic acids is 1. The second kappa shape index (κ2) is 6.87. The SMILES string of the molecule is C=CC1=C(C(=O)O)N2C(=O)[C@@H](NC(=O)/C(=N\O)C(=O)CC)[C@H]2SC1. The van der Waals surface area contributed by atoms with Gasteiger partial charge in [0, 0.05) is 12.2 Å². The second-order valence-corrected chi connectivity index (χ2v) is 6.07. The highest BCUT2D eigenvalue weighted by molar-refractivity contribution is 8.00. The number of carboxylic acids is 1. The van der Waals surface area contributed by atoms with Crippen LogP contribution in [0.2, 0.25) is 0 Å². The minimum atomic E-state index is -1.26. The van der Waals surface area contributed by atoms with Crippen LogP contribution < -0.4 is 5.32 Å². The number of ketones is 1. The van der Waals surface area contributed by atoms with E-state index in [0.717, 1.165) is 4.90 Å². The minimum Gasteiger partial charge on any atom is -0.477 e. The molecule has 128 valence electrons. The van der Waals surface area contributed by atoms with E-state index in [-0.39, 0.29) is 12.1 Å². The van der Waals surface area contributed by atoms with Crippen molar-refractivity contribution in [2.45, 2.75) is 24.8 Å². The number of rotatable bonds is 6. The summed E-state index contributed by atoms with van der Waals surface area (Å²) in [5, 5.41) is 22.5. The summed E-state index contributed by atoms with van der Waals surface area (Å²) in [6.07, 6.45) is 1.34. The first kappa shape index (κ1) is 17.7. The van der Waals surface area contributed by atoms with Gasteiger partial charge in [0.25, 0.3) is 11.8 Å². The van der Waals surface area contributed by atoms with Crippen molar-refractivity contribution in [1.82, 2.24) is 10.2 Å². The van der Waals surface area contributed by atoms with Gasteiger partial charge in [-0.25, -0.2) is 4.79 Å². The van der Waals surface area contributed by atoms with Crippen LogP contribution in [0.5, 0.6) is 0 Å². The normalized spacial score (nSPS) is 23.3. The van der Waals surface area contributed by atoms with Crippen molar-refractivity contribution in [2.75, 3.05) is 5.75 Å². The lowest BCUT2D eigenvalue weighted by molar-refractivity contribution is -0.150. The maximum absolute atomic E-state index is 12.2. The number of Topliss-reactive ketones (excluding diaryl/α,β-unsaturated/α-hetero) is 1. The molecule has 2 amide bonds. The summed E-state index contributed by atoms with van der Waals surface area (Å²) < 4.78 is 0. The number of thioether (sulfide) groups is 1. The van der Waals surface area contributed by atoms with Gasteiger partial charge in [-0.2, -0.15) is 0 Å². The van der Waals surface area contributed by atoms with Crippen molar-refractivity contribution in [2.24, 2.45) is 5.16 Å². The molecule has 10 heteroatoms. The van der Waals surface area contributed by atoms with Gasteiger partial charge in [-0.05, 0) is 5.57 Å². The molecule has 1 saturated heterocycles. The van der Waals surface area contributed by atoms with Crippen molar-refractivity contribution in [3.05, 3.63) is 23.9 Å². The highest BCUT2D eigenvalue weighted by atomic mass is 32.2. The van der Waals surface area contributed by atoms with Crippen LogP contribution >= 0.6 is 11.8 Å². The van der Waals surface area contributed by atoms with Gasteiger partial charge in [0.05, 0.1) is 0 Å². The fraction of sp³-hybridized carbons (Fsp3) is 0.357. The fourth-order valence-electron chi connectivity index (χ4n) is 2.40. The number of hydrogen-bond acceptors (Lipinski definition) is 7. The summed E-state index contributed by atoms with van der Waals surface area (Å²) in [5.41, 5.74) is -0.434. The number of amides is 2. The third kappa shape index (κ3) is 2.80. The first-order valence-electron chi connectivity index (χ1n) is 6.97. The van der Waals surface area contributed by atoms with E-state index in [1.807, 2.05) is 0 Å². The van der Waals surface area contributed by atoms with Gasteiger partial charge < -0.3 is 15.6 Å². The highest BCUT2D eigenvalue weighted by Crippen LogP contribution is 2.40. The maximum Gasteiger partial charge on any atom is 0.352 e. The molecule has 2 aliphatic heterocycles. The van der Waals surface area contributed by atoms with Gasteiger partial charge in [-0.3, -0.25) is 19.3 Å². The molecule has 0 bridgehead atoms. The number of carboxylic acid groups (broad SMARTS) is 1. The van der Waals surface area contributed by atoms with Gasteiger partial charge in [-0.1, -0.05) is 24.7 Å². The molecular weight excluding hydrogens is 338 g/mol. The summed E-state index contributed by atoms with van der Waals surface area (Å²) in [4.78, 5) is 48.2. The Kier molecular flexibility index (Phi) is 5.07. The molecule has 0 aliphatic carbocycles. The predicted octanol–water partition coefficient (Wildman–Crippen LogP) is -0.280. The zero-order valence-corrected chi connectivity index (χ0v) is 13.5. The quantitative estimate of drug-likeness (QED) is 0.196. The zero-order chi connectivity index (χ0) is 18.0. The van der Waals surface area contributed by atoms with Crippen LogP contribution in [-0.2, 0) is 19.2 Å². The Labute approximate surface area is 141 Å². The lowest BCUT2D eigenvalue weighted by Crippen LogP contribution is -2.71. The van der Waals surface area contributed by atoms with E-state index in [1.54, 1.807) is 0 Å². The third-order valence-corrected chi connectivity index (χ3v) is 4.94. The molecule has 0 spiro atoms. The van der Waals surface area contributed by atoms with E-state index in [2.05, 4.69) is 17.1 Å². The van der Waals surface area contributed by atoms with Crippen molar-refractivity contribution in [3.8, 4) is 0 Å². The summed E-state index contributed by atoms with van der Waals surface area (Å²) in [6, 6.07) is -0.996. The number of fused-ring (bicyclic) bond motifs is 1. The summed E-state index contributed by atoms with van der Waals surface area (Å²) >= 11 is 1.26. The van der Waals surface area contributed by atoms with Crippen molar-refractivity contribution < 1.29 is 29.5 Å². The van der Waals surface area contributed by atoms with E-state index >= 15 is 0 Å². The third-order valence-electron chi connectivity index (χ3n) is 3.63. The number of nitrogens with one attached hydrogen (secondary N) is 1. The van der Waals surface area contributed by atoms with Crippen LogP contribution in [0.4, 0.5) is 0 Å². The average molecular weight is 353 g/mol. The number of allylic oxidation sites excluding steroid dienone is 1. The highest BCUT2D eigenvalue weighted by Gasteiger charge is 2.54. The molecule has 2 heterocycles. The van der Waals surface area contributed by atoms with Gasteiger partial charge in [-0.15, -0.1) is 11.8 Å². The smallest absolute Gasteiger partial charge is 0.352 e. The Morgan fingerprint density at radius 1 is 1.50 bits per heavy atom. The summed E-state index contributed by atoms with van der Waals surface area (Å²) in [5.74, 6) is -3.19. The molecule has 0 saturated carbocycles. The molecule has 0 aromatic rings. The molecular formula is C14H15N3O6S. The van der Waals surface area contributed by atoms with Gasteiger partial charge in [0.15, 0.2) is 5.78 Å². The van der Waals surface area contributed by atoms with E-state index in [4.69, 9.17) is 5.21 Å². The molecule has 3 N–H and O–H groups in total. The van der Waals surface area contributed by atoms with E-state index in [9.17, 15) is 24.3 Å². The first-order valence-corrected chi connectivity index (χ1v) is 8.01. The molecule has 2 rings (SSSR count). The van der Waals surface area contributed by atoms with Crippen LogP contribution in [0.3, 0.4) is 0 Å². The monoisotopic (exact) mass is 353 g/mol. The second-order valence-electron chi connectivity index (χ2n) is 4.97. The van der Waals surface area contributed by atoms with Crippen molar-refractivity contribution >= 4 is 41.0 Å². The predicted molar refractivity (Wildman–Crippen MR) is 84.4 cm³/mol. The van der Waals surface area contributed by atoms with Crippen LogP contribution in [0.1, 0.15) is 13.3 Å². The molecule has 0 aromatic carbocycles. The van der Waals surface area contributed by atoms with Crippen molar-refractivity contribution in [1.29, 1.82) is 0 Å². The summed E-state index contributed by atoms with van der Waals surface area (Å²) in [6.45, 7) is 5.03. The molecule has 24 heavy (non-hydrogen) atoms. The molecule has 2 atom stereocenters. The fourth-order valence-corrected chi connectivity index (χ4v) is 3.74. The summed E-state index contributed by atoms with van der Waals surface area (Å²) in [7, 11) is 0. The Bertz CT molecular complexity index is 699. The van der Waals surface area contributed by atoms with Gasteiger partial charge >= 0.3 is 5.97 Å². The van der Waals surface area contributed by atoms with E-state index in [0.29, 0.717) is 11.3 Å². The Balaban J connectivity index is 2.18.